The second-order valence-electron chi connectivity index (χ2n) is 6.92. The highest BCUT2D eigenvalue weighted by Gasteiger charge is 2.13. The van der Waals surface area contributed by atoms with Crippen molar-refractivity contribution in [2.24, 2.45) is 0 Å². The molecular formula is C22H35ClO3S. The number of benzene rings is 1. The molecule has 5 heteroatoms. The fraction of sp³-hybridized carbons (Fsp3) is 0.682. The van der Waals surface area contributed by atoms with Gasteiger partial charge in [0.2, 0.25) is 0 Å². The number of hydrogen-bond donors (Lipinski definition) is 0. The molecule has 1 rings (SSSR count). The molecule has 0 aliphatic carbocycles. The highest BCUT2D eigenvalue weighted by atomic mass is 35.5. The lowest BCUT2D eigenvalue weighted by molar-refractivity contribution is -0.143. The standard InChI is InChI=1S/C22H35ClO3S/c1-2-26-22(24)18-12-10-8-6-4-3-5-7-9-11-15-19-27(25)21-17-14-13-16-20(21)23/h13-14,16-17H,2-12,15,18-19H2,1H3. The Hall–Kier alpha value is -0.710. The molecule has 1 unspecified atom stereocenters. The first-order chi connectivity index (χ1) is 13.1. The number of halogens is 1. The number of esters is 1. The van der Waals surface area contributed by atoms with Gasteiger partial charge in [0.15, 0.2) is 4.90 Å². The summed E-state index contributed by atoms with van der Waals surface area (Å²) in [6.07, 6.45) is 13.6. The normalized spacial score (nSPS) is 12.1. The number of carbonyl (C=O) groups is 1. The van der Waals surface area contributed by atoms with Crippen molar-refractivity contribution < 1.29 is 14.1 Å². The van der Waals surface area contributed by atoms with E-state index in [0.29, 0.717) is 23.8 Å². The monoisotopic (exact) mass is 414 g/mol. The van der Waals surface area contributed by atoms with Crippen molar-refractivity contribution in [3.8, 4) is 0 Å². The van der Waals surface area contributed by atoms with Crippen LogP contribution in [0.4, 0.5) is 0 Å². The van der Waals surface area contributed by atoms with Gasteiger partial charge in [0.1, 0.15) is 5.75 Å². The Balaban J connectivity index is 1.85. The van der Waals surface area contributed by atoms with Crippen molar-refractivity contribution in [2.75, 3.05) is 12.4 Å². The average Bonchev–Trinajstić information content (AvgIpc) is 2.66. The molecule has 1 aromatic carbocycles. The van der Waals surface area contributed by atoms with Gasteiger partial charge in [-0.15, -0.1) is 0 Å². The molecule has 0 amide bonds. The van der Waals surface area contributed by atoms with Crippen LogP contribution in [-0.2, 0) is 20.7 Å². The fourth-order valence-electron chi connectivity index (χ4n) is 3.07. The van der Waals surface area contributed by atoms with Gasteiger partial charge >= 0.3 is 5.97 Å². The van der Waals surface area contributed by atoms with E-state index in [1.807, 2.05) is 25.1 Å². The summed E-state index contributed by atoms with van der Waals surface area (Å²) in [6, 6.07) is 7.41. The van der Waals surface area contributed by atoms with Gasteiger partial charge in [0.05, 0.1) is 11.6 Å². The maximum atomic E-state index is 12.2. The molecule has 0 radical (unpaired) electrons. The molecule has 0 saturated carbocycles. The number of unbranched alkanes of at least 4 members (excludes halogenated alkanes) is 10. The molecule has 0 spiro atoms. The van der Waals surface area contributed by atoms with Crippen LogP contribution in [0, 0.1) is 0 Å². The number of rotatable bonds is 16. The third-order valence-corrected chi connectivity index (χ3v) is 6.55. The van der Waals surface area contributed by atoms with E-state index in [1.165, 1.54) is 44.9 Å². The van der Waals surface area contributed by atoms with E-state index < -0.39 is 11.2 Å². The summed E-state index contributed by atoms with van der Waals surface area (Å²) in [5, 5.41) is 0.608. The van der Waals surface area contributed by atoms with Crippen LogP contribution in [0.5, 0.6) is 0 Å². The fourth-order valence-corrected chi connectivity index (χ4v) is 4.66. The maximum Gasteiger partial charge on any atom is 0.305 e. The van der Waals surface area contributed by atoms with Crippen LogP contribution in [0.15, 0.2) is 29.2 Å². The lowest BCUT2D eigenvalue weighted by atomic mass is 10.1. The predicted molar refractivity (Wildman–Crippen MR) is 115 cm³/mol. The van der Waals surface area contributed by atoms with Crippen LogP contribution in [0.25, 0.3) is 0 Å². The minimum absolute atomic E-state index is 0.0619. The smallest absolute Gasteiger partial charge is 0.305 e. The SMILES string of the molecule is CCOC(=O)CCCCCCCCCCCCC[S+]([O-])c1ccccc1Cl. The van der Waals surface area contributed by atoms with Crippen LogP contribution in [-0.4, -0.2) is 22.9 Å². The first kappa shape index (κ1) is 24.3. The Morgan fingerprint density at radius 3 is 2.00 bits per heavy atom. The summed E-state index contributed by atoms with van der Waals surface area (Å²) in [7, 11) is 0. The molecule has 0 fully saturated rings. The lowest BCUT2D eigenvalue weighted by Crippen LogP contribution is -2.07. The molecule has 0 aliphatic rings. The molecule has 154 valence electrons. The number of carbonyl (C=O) groups excluding carboxylic acids is 1. The second-order valence-corrected chi connectivity index (χ2v) is 8.87. The molecule has 27 heavy (non-hydrogen) atoms. The first-order valence-corrected chi connectivity index (χ1v) is 12.1. The summed E-state index contributed by atoms with van der Waals surface area (Å²) >= 11 is 5.11. The third kappa shape index (κ3) is 12.4. The average molecular weight is 415 g/mol. The van der Waals surface area contributed by atoms with Crippen LogP contribution >= 0.6 is 11.6 Å². The zero-order valence-electron chi connectivity index (χ0n) is 16.7. The molecule has 3 nitrogen and oxygen atoms in total. The van der Waals surface area contributed by atoms with E-state index in [-0.39, 0.29) is 5.97 Å². The zero-order chi connectivity index (χ0) is 19.7. The molecule has 1 aromatic rings. The van der Waals surface area contributed by atoms with E-state index in [0.717, 1.165) is 30.6 Å². The van der Waals surface area contributed by atoms with Gasteiger partial charge in [-0.1, -0.05) is 75.1 Å². The van der Waals surface area contributed by atoms with Gasteiger partial charge in [0.25, 0.3) is 0 Å². The number of ether oxygens (including phenoxy) is 1. The quantitative estimate of drug-likeness (QED) is 0.172. The van der Waals surface area contributed by atoms with Crippen LogP contribution in [0.1, 0.15) is 84.0 Å². The van der Waals surface area contributed by atoms with E-state index in [9.17, 15) is 9.35 Å². The molecule has 0 saturated heterocycles. The van der Waals surface area contributed by atoms with Crippen LogP contribution in [0.2, 0.25) is 5.02 Å². The summed E-state index contributed by atoms with van der Waals surface area (Å²) in [5.41, 5.74) is 0. The lowest BCUT2D eigenvalue weighted by Gasteiger charge is -2.11. The summed E-state index contributed by atoms with van der Waals surface area (Å²) in [5.74, 6) is 0.642. The van der Waals surface area contributed by atoms with Crippen molar-refractivity contribution >= 4 is 28.7 Å². The van der Waals surface area contributed by atoms with Crippen molar-refractivity contribution in [3.63, 3.8) is 0 Å². The summed E-state index contributed by atoms with van der Waals surface area (Å²) in [6.45, 7) is 2.33. The van der Waals surface area contributed by atoms with E-state index in [4.69, 9.17) is 16.3 Å². The van der Waals surface area contributed by atoms with Crippen molar-refractivity contribution in [3.05, 3.63) is 29.3 Å². The molecule has 0 aliphatic heterocycles. The molecule has 0 heterocycles. The Kier molecular flexibility index (Phi) is 14.7. The minimum Gasteiger partial charge on any atom is -0.611 e. The second kappa shape index (κ2) is 16.3. The topological polar surface area (TPSA) is 49.4 Å². The maximum absolute atomic E-state index is 12.2. The van der Waals surface area contributed by atoms with E-state index >= 15 is 0 Å². The molecule has 0 bridgehead atoms. The summed E-state index contributed by atoms with van der Waals surface area (Å²) in [4.78, 5) is 12.0. The minimum atomic E-state index is -0.975. The Labute approximate surface area is 173 Å². The van der Waals surface area contributed by atoms with Crippen LogP contribution in [0.3, 0.4) is 0 Å². The Morgan fingerprint density at radius 2 is 1.44 bits per heavy atom. The number of hydrogen-bond acceptors (Lipinski definition) is 3. The molecule has 0 N–H and O–H groups in total. The van der Waals surface area contributed by atoms with Crippen LogP contribution < -0.4 is 0 Å². The van der Waals surface area contributed by atoms with Crippen molar-refractivity contribution in [1.29, 1.82) is 0 Å². The van der Waals surface area contributed by atoms with Crippen molar-refractivity contribution in [2.45, 2.75) is 88.9 Å². The van der Waals surface area contributed by atoms with Crippen molar-refractivity contribution in [1.82, 2.24) is 0 Å². The highest BCUT2D eigenvalue weighted by molar-refractivity contribution is 7.91. The predicted octanol–water partition coefficient (Wildman–Crippen LogP) is 6.69. The van der Waals surface area contributed by atoms with Gasteiger partial charge in [-0.3, -0.25) is 4.79 Å². The van der Waals surface area contributed by atoms with Gasteiger partial charge in [-0.05, 0) is 49.5 Å². The van der Waals surface area contributed by atoms with Gasteiger partial charge in [-0.2, -0.15) is 0 Å². The van der Waals surface area contributed by atoms with Gasteiger partial charge in [-0.25, -0.2) is 0 Å². The Bertz CT molecular complexity index is 510. The molecule has 1 atom stereocenters. The molecular weight excluding hydrogens is 380 g/mol. The summed E-state index contributed by atoms with van der Waals surface area (Å²) < 4.78 is 17.1. The largest absolute Gasteiger partial charge is 0.611 e. The zero-order valence-corrected chi connectivity index (χ0v) is 18.3. The molecule has 0 aromatic heterocycles. The van der Waals surface area contributed by atoms with Gasteiger partial charge < -0.3 is 9.29 Å². The van der Waals surface area contributed by atoms with E-state index in [1.54, 1.807) is 6.07 Å². The first-order valence-electron chi connectivity index (χ1n) is 10.4. The van der Waals surface area contributed by atoms with Gasteiger partial charge in [0, 0.05) is 6.42 Å². The van der Waals surface area contributed by atoms with E-state index in [2.05, 4.69) is 0 Å². The third-order valence-electron chi connectivity index (χ3n) is 4.60. The highest BCUT2D eigenvalue weighted by Crippen LogP contribution is 2.22. The Morgan fingerprint density at radius 1 is 0.926 bits per heavy atom.